The van der Waals surface area contributed by atoms with Crippen LogP contribution in [0.2, 0.25) is 0 Å². The number of nitrogens with zero attached hydrogens (tertiary/aromatic N) is 1. The van der Waals surface area contributed by atoms with Crippen LogP contribution in [0.5, 0.6) is 5.75 Å². The smallest absolute Gasteiger partial charge is 0.303 e. The molecule has 0 aromatic heterocycles. The SMILES string of the molecule is COc1ccc2c(c1)N(CCCCCC(=O)O)S(=O)(=O)c1ccccc1N2. The van der Waals surface area contributed by atoms with E-state index in [0.717, 1.165) is 0 Å². The summed E-state index contributed by atoms with van der Waals surface area (Å²) in [5.41, 5.74) is 1.72. The monoisotopic (exact) mass is 390 g/mol. The number of methoxy groups -OCH3 is 1. The Bertz CT molecular complexity index is 943. The Labute approximate surface area is 158 Å². The molecule has 144 valence electrons. The predicted molar refractivity (Wildman–Crippen MR) is 103 cm³/mol. The van der Waals surface area contributed by atoms with E-state index in [2.05, 4.69) is 5.32 Å². The number of sulfonamides is 1. The van der Waals surface area contributed by atoms with Gasteiger partial charge in [-0.1, -0.05) is 18.6 Å². The van der Waals surface area contributed by atoms with Crippen LogP contribution in [0.4, 0.5) is 17.1 Å². The Morgan fingerprint density at radius 3 is 2.63 bits per heavy atom. The second kappa shape index (κ2) is 7.87. The third-order valence-electron chi connectivity index (χ3n) is 4.45. The number of rotatable bonds is 7. The van der Waals surface area contributed by atoms with Gasteiger partial charge in [0.15, 0.2) is 0 Å². The molecule has 0 radical (unpaired) electrons. The normalized spacial score (nSPS) is 14.5. The van der Waals surface area contributed by atoms with E-state index in [1.807, 2.05) is 0 Å². The zero-order chi connectivity index (χ0) is 19.4. The Morgan fingerprint density at radius 1 is 1.11 bits per heavy atom. The minimum Gasteiger partial charge on any atom is -0.497 e. The van der Waals surface area contributed by atoms with E-state index in [9.17, 15) is 13.2 Å². The first kappa shape index (κ1) is 19.0. The highest BCUT2D eigenvalue weighted by Gasteiger charge is 2.32. The van der Waals surface area contributed by atoms with E-state index in [1.54, 1.807) is 42.5 Å². The number of ether oxygens (including phenoxy) is 1. The number of hydrogen-bond acceptors (Lipinski definition) is 5. The highest BCUT2D eigenvalue weighted by Crippen LogP contribution is 2.41. The number of unbranched alkanes of at least 4 members (excludes halogenated alkanes) is 2. The van der Waals surface area contributed by atoms with Crippen molar-refractivity contribution in [3.05, 3.63) is 42.5 Å². The number of nitrogens with one attached hydrogen (secondary N) is 1. The third-order valence-corrected chi connectivity index (χ3v) is 6.32. The van der Waals surface area contributed by atoms with Gasteiger partial charge in [-0.15, -0.1) is 0 Å². The van der Waals surface area contributed by atoms with Gasteiger partial charge >= 0.3 is 5.97 Å². The van der Waals surface area contributed by atoms with Crippen molar-refractivity contribution in [1.82, 2.24) is 0 Å². The molecule has 1 aliphatic rings. The summed E-state index contributed by atoms with van der Waals surface area (Å²) in [7, 11) is -2.23. The van der Waals surface area contributed by atoms with E-state index in [4.69, 9.17) is 9.84 Å². The average Bonchev–Trinajstić information content (AvgIpc) is 2.73. The molecular weight excluding hydrogens is 368 g/mol. The molecule has 2 aromatic rings. The minimum atomic E-state index is -3.76. The molecule has 2 aromatic carbocycles. The van der Waals surface area contributed by atoms with E-state index in [0.29, 0.717) is 42.1 Å². The molecule has 1 aliphatic heterocycles. The lowest BCUT2D eigenvalue weighted by Crippen LogP contribution is -2.31. The number of fused-ring (bicyclic) bond motifs is 2. The van der Waals surface area contributed by atoms with Crippen LogP contribution in [0, 0.1) is 0 Å². The lowest BCUT2D eigenvalue weighted by molar-refractivity contribution is -0.137. The molecule has 27 heavy (non-hydrogen) atoms. The molecule has 0 bridgehead atoms. The number of hydrogen-bond donors (Lipinski definition) is 2. The molecule has 0 aliphatic carbocycles. The van der Waals surface area contributed by atoms with Gasteiger partial charge < -0.3 is 15.2 Å². The van der Waals surface area contributed by atoms with E-state index < -0.39 is 16.0 Å². The van der Waals surface area contributed by atoms with Crippen molar-refractivity contribution >= 4 is 33.1 Å². The molecule has 8 heteroatoms. The summed E-state index contributed by atoms with van der Waals surface area (Å²) in [4.78, 5) is 10.9. The van der Waals surface area contributed by atoms with Gasteiger partial charge in [-0.25, -0.2) is 8.42 Å². The van der Waals surface area contributed by atoms with Crippen molar-refractivity contribution in [2.24, 2.45) is 0 Å². The maximum absolute atomic E-state index is 13.3. The highest BCUT2D eigenvalue weighted by molar-refractivity contribution is 7.93. The van der Waals surface area contributed by atoms with Crippen LogP contribution in [0.1, 0.15) is 25.7 Å². The number of anilines is 3. The van der Waals surface area contributed by atoms with Gasteiger partial charge in [0.05, 0.1) is 24.2 Å². The zero-order valence-electron chi connectivity index (χ0n) is 15.0. The maximum Gasteiger partial charge on any atom is 0.303 e. The first-order chi connectivity index (χ1) is 12.9. The molecule has 0 amide bonds. The van der Waals surface area contributed by atoms with Crippen molar-refractivity contribution in [1.29, 1.82) is 0 Å². The summed E-state index contributed by atoms with van der Waals surface area (Å²) >= 11 is 0. The molecule has 1 heterocycles. The number of carbonyl (C=O) groups is 1. The van der Waals surface area contributed by atoms with Gasteiger partial charge in [0.25, 0.3) is 10.0 Å². The number of para-hydroxylation sites is 1. The fourth-order valence-corrected chi connectivity index (χ4v) is 4.75. The summed E-state index contributed by atoms with van der Waals surface area (Å²) in [5, 5.41) is 12.0. The highest BCUT2D eigenvalue weighted by atomic mass is 32.2. The van der Waals surface area contributed by atoms with Crippen LogP contribution in [0.15, 0.2) is 47.4 Å². The van der Waals surface area contributed by atoms with Gasteiger partial charge in [-0.3, -0.25) is 9.10 Å². The number of carboxylic acid groups (broad SMARTS) is 1. The summed E-state index contributed by atoms with van der Waals surface area (Å²) in [6.45, 7) is 0.262. The summed E-state index contributed by atoms with van der Waals surface area (Å²) < 4.78 is 33.3. The van der Waals surface area contributed by atoms with Crippen LogP contribution >= 0.6 is 0 Å². The molecule has 0 saturated heterocycles. The first-order valence-electron chi connectivity index (χ1n) is 8.72. The molecule has 0 spiro atoms. The van der Waals surface area contributed by atoms with Crippen LogP contribution in [0.25, 0.3) is 0 Å². The largest absolute Gasteiger partial charge is 0.497 e. The number of benzene rings is 2. The van der Waals surface area contributed by atoms with Crippen molar-refractivity contribution in [2.45, 2.75) is 30.6 Å². The summed E-state index contributed by atoms with van der Waals surface area (Å²) in [6, 6.07) is 12.1. The fraction of sp³-hybridized carbons (Fsp3) is 0.316. The van der Waals surface area contributed by atoms with Crippen molar-refractivity contribution < 1.29 is 23.1 Å². The molecule has 0 atom stereocenters. The molecular formula is C19H22N2O5S. The Balaban J connectivity index is 1.96. The van der Waals surface area contributed by atoms with Crippen LogP contribution in [-0.4, -0.2) is 33.1 Å². The van der Waals surface area contributed by atoms with Crippen molar-refractivity contribution in [3.8, 4) is 5.75 Å². The molecule has 7 nitrogen and oxygen atoms in total. The number of carboxylic acids is 1. The van der Waals surface area contributed by atoms with Crippen LogP contribution in [0.3, 0.4) is 0 Å². The minimum absolute atomic E-state index is 0.0849. The average molecular weight is 390 g/mol. The van der Waals surface area contributed by atoms with Crippen LogP contribution < -0.4 is 14.4 Å². The van der Waals surface area contributed by atoms with Gasteiger partial charge in [-0.2, -0.15) is 0 Å². The van der Waals surface area contributed by atoms with Gasteiger partial charge in [0.1, 0.15) is 10.6 Å². The lowest BCUT2D eigenvalue weighted by atomic mass is 10.2. The molecule has 2 N–H and O–H groups in total. The first-order valence-corrected chi connectivity index (χ1v) is 10.2. The number of aliphatic carboxylic acids is 1. The Kier molecular flexibility index (Phi) is 5.55. The van der Waals surface area contributed by atoms with Gasteiger partial charge in [0, 0.05) is 19.0 Å². The Hall–Kier alpha value is -2.74. The van der Waals surface area contributed by atoms with E-state index >= 15 is 0 Å². The fourth-order valence-electron chi connectivity index (χ4n) is 3.09. The van der Waals surface area contributed by atoms with Crippen molar-refractivity contribution in [3.63, 3.8) is 0 Å². The van der Waals surface area contributed by atoms with E-state index in [-0.39, 0.29) is 17.9 Å². The second-order valence-electron chi connectivity index (χ2n) is 6.29. The summed E-state index contributed by atoms with van der Waals surface area (Å²) in [5.74, 6) is -0.279. The van der Waals surface area contributed by atoms with Crippen LogP contribution in [-0.2, 0) is 14.8 Å². The third kappa shape index (κ3) is 4.00. The summed E-state index contributed by atoms with van der Waals surface area (Å²) in [6.07, 6.45) is 1.79. The molecule has 0 unspecified atom stereocenters. The maximum atomic E-state index is 13.3. The standard InChI is InChI=1S/C19H22N2O5S/c1-26-14-10-11-15-17(13-14)21(12-6-2-3-9-19(22)23)27(24,25)18-8-5-4-7-16(18)20-15/h4-5,7-8,10-11,13,20H,2-3,6,9,12H2,1H3,(H,22,23). The van der Waals surface area contributed by atoms with E-state index in [1.165, 1.54) is 11.4 Å². The lowest BCUT2D eigenvalue weighted by Gasteiger charge is -2.24. The van der Waals surface area contributed by atoms with Gasteiger partial charge in [0.2, 0.25) is 0 Å². The topological polar surface area (TPSA) is 95.9 Å². The van der Waals surface area contributed by atoms with Crippen molar-refractivity contribution in [2.75, 3.05) is 23.3 Å². The van der Waals surface area contributed by atoms with Gasteiger partial charge in [-0.05, 0) is 37.1 Å². The molecule has 0 fully saturated rings. The quantitative estimate of drug-likeness (QED) is 0.702. The Morgan fingerprint density at radius 2 is 1.89 bits per heavy atom. The zero-order valence-corrected chi connectivity index (χ0v) is 15.8. The second-order valence-corrected chi connectivity index (χ2v) is 8.12. The predicted octanol–water partition coefficient (Wildman–Crippen LogP) is 3.59. The molecule has 3 rings (SSSR count). The molecule has 0 saturated carbocycles.